The van der Waals surface area contributed by atoms with Crippen LogP contribution in [0.2, 0.25) is 0 Å². The quantitative estimate of drug-likeness (QED) is 0.804. The van der Waals surface area contributed by atoms with Crippen LogP contribution in [-0.2, 0) is 0 Å². The second-order valence-corrected chi connectivity index (χ2v) is 6.47. The summed E-state index contributed by atoms with van der Waals surface area (Å²) in [6, 6.07) is 12.9. The Kier molecular flexibility index (Phi) is 3.86. The van der Waals surface area contributed by atoms with Gasteiger partial charge in [0.2, 0.25) is 0 Å². The highest BCUT2D eigenvalue weighted by Gasteiger charge is 2.14. The van der Waals surface area contributed by atoms with E-state index in [0.717, 1.165) is 43.2 Å². The molecule has 1 fully saturated rings. The summed E-state index contributed by atoms with van der Waals surface area (Å²) in [6.07, 6.45) is 3.83. The van der Waals surface area contributed by atoms with Crippen molar-refractivity contribution in [1.29, 1.82) is 0 Å². The third-order valence-corrected chi connectivity index (χ3v) is 4.77. The number of benzene rings is 1. The molecule has 4 rings (SSSR count). The number of likely N-dealkylation sites (N-methyl/N-ethyl adjacent to an activating group) is 1. The molecular weight excluding hydrogens is 298 g/mol. The van der Waals surface area contributed by atoms with Crippen molar-refractivity contribution in [3.63, 3.8) is 0 Å². The maximum Gasteiger partial charge on any atom is 0.160 e. The molecule has 1 aliphatic heterocycles. The zero-order chi connectivity index (χ0) is 16.5. The summed E-state index contributed by atoms with van der Waals surface area (Å²) >= 11 is 0. The summed E-state index contributed by atoms with van der Waals surface area (Å²) in [5.74, 6) is 0. The topological polar surface area (TPSA) is 35.8 Å². The second-order valence-electron chi connectivity index (χ2n) is 6.47. The van der Waals surface area contributed by atoms with Crippen molar-refractivity contribution >= 4 is 22.7 Å². The standard InChI is InChI=1S/C19H23N5/c1-15-3-8-18(19-20-9-10-24(15)19)21-16-4-6-17(7-5-16)23-13-11-22(2)12-14-23/h3-10,21H,11-14H2,1-2H3. The average Bonchev–Trinajstić information content (AvgIpc) is 3.10. The number of nitrogens with one attached hydrogen (secondary N) is 1. The second kappa shape index (κ2) is 6.17. The summed E-state index contributed by atoms with van der Waals surface area (Å²) in [7, 11) is 2.18. The molecule has 3 heterocycles. The van der Waals surface area contributed by atoms with Crippen molar-refractivity contribution in [2.45, 2.75) is 6.92 Å². The van der Waals surface area contributed by atoms with E-state index in [1.165, 1.54) is 11.4 Å². The Morgan fingerprint density at radius 1 is 0.958 bits per heavy atom. The van der Waals surface area contributed by atoms with Crippen molar-refractivity contribution in [3.05, 3.63) is 54.5 Å². The molecule has 2 aromatic heterocycles. The molecule has 0 spiro atoms. The van der Waals surface area contributed by atoms with E-state index in [1.54, 1.807) is 0 Å². The van der Waals surface area contributed by atoms with Gasteiger partial charge in [0.15, 0.2) is 5.65 Å². The molecule has 0 atom stereocenters. The molecule has 0 radical (unpaired) electrons. The monoisotopic (exact) mass is 321 g/mol. The molecule has 1 saturated heterocycles. The van der Waals surface area contributed by atoms with Gasteiger partial charge >= 0.3 is 0 Å². The van der Waals surface area contributed by atoms with Crippen LogP contribution in [-0.4, -0.2) is 47.5 Å². The largest absolute Gasteiger partial charge is 0.369 e. The van der Waals surface area contributed by atoms with E-state index in [9.17, 15) is 0 Å². The first-order valence-corrected chi connectivity index (χ1v) is 8.44. The van der Waals surface area contributed by atoms with E-state index >= 15 is 0 Å². The molecule has 24 heavy (non-hydrogen) atoms. The molecule has 124 valence electrons. The molecule has 0 saturated carbocycles. The third-order valence-electron chi connectivity index (χ3n) is 4.77. The lowest BCUT2D eigenvalue weighted by Gasteiger charge is -2.34. The van der Waals surface area contributed by atoms with Crippen LogP contribution in [0.4, 0.5) is 17.1 Å². The number of aromatic nitrogens is 2. The van der Waals surface area contributed by atoms with Gasteiger partial charge in [-0.2, -0.15) is 0 Å². The van der Waals surface area contributed by atoms with Gasteiger partial charge < -0.3 is 19.5 Å². The lowest BCUT2D eigenvalue weighted by Crippen LogP contribution is -2.44. The zero-order valence-electron chi connectivity index (χ0n) is 14.2. The van der Waals surface area contributed by atoms with Crippen molar-refractivity contribution in [2.24, 2.45) is 0 Å². The number of nitrogens with zero attached hydrogens (tertiary/aromatic N) is 4. The molecule has 5 heteroatoms. The Morgan fingerprint density at radius 2 is 1.71 bits per heavy atom. The molecule has 5 nitrogen and oxygen atoms in total. The van der Waals surface area contributed by atoms with Gasteiger partial charge in [0.1, 0.15) is 0 Å². The Balaban J connectivity index is 1.53. The first-order valence-electron chi connectivity index (χ1n) is 8.44. The van der Waals surface area contributed by atoms with Crippen LogP contribution in [0.1, 0.15) is 5.69 Å². The van der Waals surface area contributed by atoms with Crippen LogP contribution in [0.25, 0.3) is 5.65 Å². The van der Waals surface area contributed by atoms with Crippen LogP contribution in [0, 0.1) is 6.92 Å². The van der Waals surface area contributed by atoms with Gasteiger partial charge in [0.25, 0.3) is 0 Å². The molecule has 0 bridgehead atoms. The molecule has 1 aliphatic rings. The SMILES string of the molecule is Cc1ccc(Nc2ccc(N3CCN(C)CC3)cc2)c2nccn12. The van der Waals surface area contributed by atoms with E-state index in [2.05, 4.69) is 74.9 Å². The number of fused-ring (bicyclic) bond motifs is 1. The molecule has 0 unspecified atom stereocenters. The predicted octanol–water partition coefficient (Wildman–Crippen LogP) is 3.14. The first-order chi connectivity index (χ1) is 11.7. The van der Waals surface area contributed by atoms with Crippen LogP contribution in [0.5, 0.6) is 0 Å². The number of pyridine rings is 1. The molecular formula is C19H23N5. The summed E-state index contributed by atoms with van der Waals surface area (Å²) in [5.41, 5.74) is 5.54. The molecule has 3 aromatic rings. The van der Waals surface area contributed by atoms with Crippen molar-refractivity contribution in [3.8, 4) is 0 Å². The molecule has 0 amide bonds. The van der Waals surface area contributed by atoms with Gasteiger partial charge in [-0.25, -0.2) is 4.98 Å². The fourth-order valence-corrected chi connectivity index (χ4v) is 3.22. The summed E-state index contributed by atoms with van der Waals surface area (Å²) in [6.45, 7) is 6.53. The third kappa shape index (κ3) is 2.83. The highest BCUT2D eigenvalue weighted by Crippen LogP contribution is 2.24. The highest BCUT2D eigenvalue weighted by atomic mass is 15.2. The van der Waals surface area contributed by atoms with E-state index in [1.807, 2.05) is 12.4 Å². The van der Waals surface area contributed by atoms with E-state index < -0.39 is 0 Å². The van der Waals surface area contributed by atoms with Crippen molar-refractivity contribution < 1.29 is 0 Å². The highest BCUT2D eigenvalue weighted by molar-refractivity contribution is 5.74. The molecule has 1 N–H and O–H groups in total. The van der Waals surface area contributed by atoms with E-state index in [-0.39, 0.29) is 0 Å². The van der Waals surface area contributed by atoms with Crippen LogP contribution in [0.15, 0.2) is 48.8 Å². The van der Waals surface area contributed by atoms with Gasteiger partial charge in [-0.3, -0.25) is 0 Å². The van der Waals surface area contributed by atoms with Crippen LogP contribution < -0.4 is 10.2 Å². The number of imidazole rings is 1. The van der Waals surface area contributed by atoms with Gasteiger partial charge in [-0.15, -0.1) is 0 Å². The minimum atomic E-state index is 0.957. The number of hydrogen-bond donors (Lipinski definition) is 1. The fourth-order valence-electron chi connectivity index (χ4n) is 3.22. The Morgan fingerprint density at radius 3 is 2.46 bits per heavy atom. The minimum Gasteiger partial charge on any atom is -0.369 e. The van der Waals surface area contributed by atoms with Crippen LogP contribution in [0.3, 0.4) is 0 Å². The fraction of sp³-hybridized carbons (Fsp3) is 0.316. The lowest BCUT2D eigenvalue weighted by molar-refractivity contribution is 0.313. The zero-order valence-corrected chi connectivity index (χ0v) is 14.2. The Hall–Kier alpha value is -2.53. The van der Waals surface area contributed by atoms with Gasteiger partial charge in [-0.1, -0.05) is 0 Å². The number of rotatable bonds is 3. The van der Waals surface area contributed by atoms with Gasteiger partial charge in [0, 0.05) is 55.6 Å². The molecule has 0 aliphatic carbocycles. The van der Waals surface area contributed by atoms with E-state index in [0.29, 0.717) is 0 Å². The first kappa shape index (κ1) is 15.0. The molecule has 1 aromatic carbocycles. The van der Waals surface area contributed by atoms with Gasteiger partial charge in [-0.05, 0) is 50.4 Å². The minimum absolute atomic E-state index is 0.957. The van der Waals surface area contributed by atoms with E-state index in [4.69, 9.17) is 0 Å². The van der Waals surface area contributed by atoms with Crippen molar-refractivity contribution in [1.82, 2.24) is 14.3 Å². The maximum atomic E-state index is 4.46. The van der Waals surface area contributed by atoms with Crippen molar-refractivity contribution in [2.75, 3.05) is 43.4 Å². The Labute approximate surface area is 142 Å². The summed E-state index contributed by atoms with van der Waals surface area (Å²) < 4.78 is 2.10. The smallest absolute Gasteiger partial charge is 0.160 e. The number of piperazine rings is 1. The lowest BCUT2D eigenvalue weighted by atomic mass is 10.2. The number of anilines is 3. The average molecular weight is 321 g/mol. The number of hydrogen-bond acceptors (Lipinski definition) is 4. The van der Waals surface area contributed by atoms with Crippen LogP contribution >= 0.6 is 0 Å². The summed E-state index contributed by atoms with van der Waals surface area (Å²) in [5, 5.41) is 3.49. The maximum absolute atomic E-state index is 4.46. The Bertz CT molecular complexity index is 829. The summed E-state index contributed by atoms with van der Waals surface area (Å²) in [4.78, 5) is 9.28. The predicted molar refractivity (Wildman–Crippen MR) is 99.4 cm³/mol. The number of aryl methyl sites for hydroxylation is 1. The van der Waals surface area contributed by atoms with Gasteiger partial charge in [0.05, 0.1) is 5.69 Å². The normalized spacial score (nSPS) is 15.8.